The second kappa shape index (κ2) is 10.5. The summed E-state index contributed by atoms with van der Waals surface area (Å²) in [5.74, 6) is 2.49. The van der Waals surface area contributed by atoms with Crippen molar-refractivity contribution in [3.05, 3.63) is 61.8 Å². The second-order valence-electron chi connectivity index (χ2n) is 6.58. The van der Waals surface area contributed by atoms with Gasteiger partial charge in [-0.2, -0.15) is 0 Å². The van der Waals surface area contributed by atoms with Crippen molar-refractivity contribution in [3.8, 4) is 11.5 Å². The van der Waals surface area contributed by atoms with Crippen LogP contribution in [-0.2, 0) is 6.54 Å². The molecule has 0 saturated carbocycles. The molecule has 0 aliphatic rings. The maximum absolute atomic E-state index is 12.2. The summed E-state index contributed by atoms with van der Waals surface area (Å²) < 4.78 is 12.2. The van der Waals surface area contributed by atoms with Gasteiger partial charge in [-0.25, -0.2) is 0 Å². The van der Waals surface area contributed by atoms with Crippen molar-refractivity contribution >= 4 is 39.3 Å². The zero-order chi connectivity index (χ0) is 20.6. The lowest BCUT2D eigenvalue weighted by atomic mass is 10.2. The van der Waals surface area contributed by atoms with E-state index in [0.717, 1.165) is 51.5 Å². The Labute approximate surface area is 184 Å². The van der Waals surface area contributed by atoms with Crippen molar-refractivity contribution in [1.29, 1.82) is 0 Å². The Hall–Kier alpha value is -2.26. The fraction of sp³-hybridized carbons (Fsp3) is 0.318. The summed E-state index contributed by atoms with van der Waals surface area (Å²) in [7, 11) is 1.67. The number of H-pyrrole nitrogens is 1. The average Bonchev–Trinajstić information content (AvgIpc) is 2.72. The van der Waals surface area contributed by atoms with E-state index in [-0.39, 0.29) is 5.43 Å². The third-order valence-electron chi connectivity index (χ3n) is 4.52. The van der Waals surface area contributed by atoms with E-state index in [1.807, 2.05) is 43.3 Å². The number of ether oxygens (including phenoxy) is 2. The van der Waals surface area contributed by atoms with Gasteiger partial charge in [-0.1, -0.05) is 12.1 Å². The first-order valence-electron chi connectivity index (χ1n) is 9.68. The number of benzene rings is 2. The van der Waals surface area contributed by atoms with Crippen molar-refractivity contribution in [2.24, 2.45) is 0 Å². The molecule has 0 aliphatic heterocycles. The second-order valence-corrected chi connectivity index (χ2v) is 7.74. The summed E-state index contributed by atoms with van der Waals surface area (Å²) in [5.41, 5.74) is 1.95. The van der Waals surface area contributed by atoms with Crippen LogP contribution in [0.1, 0.15) is 18.9 Å². The summed E-state index contributed by atoms with van der Waals surface area (Å²) >= 11 is 2.28. The molecule has 1 aromatic heterocycles. The number of nitrogens with one attached hydrogen (secondary N) is 3. The largest absolute Gasteiger partial charge is 0.497 e. The Balaban J connectivity index is 1.50. The molecule has 0 saturated heterocycles. The Morgan fingerprint density at radius 1 is 1.14 bits per heavy atom. The molecule has 154 valence electrons. The molecule has 3 aromatic rings. The van der Waals surface area contributed by atoms with Crippen LogP contribution in [-0.4, -0.2) is 31.8 Å². The minimum atomic E-state index is 0.0241. The average molecular weight is 507 g/mol. The van der Waals surface area contributed by atoms with Gasteiger partial charge in [0, 0.05) is 30.1 Å². The highest BCUT2D eigenvalue weighted by Gasteiger charge is 2.11. The van der Waals surface area contributed by atoms with Gasteiger partial charge in [0.05, 0.1) is 22.8 Å². The van der Waals surface area contributed by atoms with Crippen LogP contribution in [0.25, 0.3) is 10.9 Å². The summed E-state index contributed by atoms with van der Waals surface area (Å²) in [5, 5.41) is 7.46. The van der Waals surface area contributed by atoms with Gasteiger partial charge in [-0.3, -0.25) is 4.79 Å². The van der Waals surface area contributed by atoms with Crippen molar-refractivity contribution in [2.45, 2.75) is 19.9 Å². The molecule has 3 rings (SSSR count). The number of rotatable bonds is 10. The van der Waals surface area contributed by atoms with Crippen LogP contribution >= 0.6 is 22.6 Å². The highest BCUT2D eigenvalue weighted by molar-refractivity contribution is 14.1. The number of halogens is 1. The first-order chi connectivity index (χ1) is 14.1. The number of fused-ring (bicyclic) bond motifs is 1. The molecule has 0 fully saturated rings. The van der Waals surface area contributed by atoms with Crippen molar-refractivity contribution in [3.63, 3.8) is 0 Å². The predicted octanol–water partition coefficient (Wildman–Crippen LogP) is 4.13. The van der Waals surface area contributed by atoms with Gasteiger partial charge < -0.3 is 25.1 Å². The number of hydrogen-bond donors (Lipinski definition) is 3. The quantitative estimate of drug-likeness (QED) is 0.284. The Bertz CT molecular complexity index is 1020. The highest BCUT2D eigenvalue weighted by atomic mass is 127. The van der Waals surface area contributed by atoms with E-state index < -0.39 is 0 Å². The summed E-state index contributed by atoms with van der Waals surface area (Å²) in [6.07, 6.45) is 0.917. The number of aromatic nitrogens is 1. The van der Waals surface area contributed by atoms with Gasteiger partial charge in [0.15, 0.2) is 5.43 Å². The molecule has 0 radical (unpaired) electrons. The zero-order valence-corrected chi connectivity index (χ0v) is 18.8. The van der Waals surface area contributed by atoms with Crippen molar-refractivity contribution in [2.75, 3.05) is 32.1 Å². The molecule has 0 amide bonds. The molecular weight excluding hydrogens is 481 g/mol. The number of methoxy groups -OCH3 is 1. The maximum atomic E-state index is 12.2. The van der Waals surface area contributed by atoms with Crippen molar-refractivity contribution in [1.82, 2.24) is 10.3 Å². The molecule has 0 atom stereocenters. The van der Waals surface area contributed by atoms with E-state index in [9.17, 15) is 4.79 Å². The third-order valence-corrected chi connectivity index (χ3v) is 5.32. The SMILES string of the molecule is CCOc1c(I)cc(OC)cc1CNCCCNc1cc(=O)c2ccccc2[nH]1. The molecule has 3 N–H and O–H groups in total. The van der Waals surface area contributed by atoms with Crippen molar-refractivity contribution < 1.29 is 9.47 Å². The summed E-state index contributed by atoms with van der Waals surface area (Å²) in [4.78, 5) is 15.4. The molecule has 0 bridgehead atoms. The smallest absolute Gasteiger partial charge is 0.191 e. The van der Waals surface area contributed by atoms with E-state index in [0.29, 0.717) is 18.5 Å². The topological polar surface area (TPSA) is 75.4 Å². The third kappa shape index (κ3) is 5.63. The van der Waals surface area contributed by atoms with Gasteiger partial charge in [-0.15, -0.1) is 0 Å². The standard InChI is InChI=1S/C22H26IN3O3/c1-3-29-22-15(11-16(28-2)12-18(22)23)14-24-9-6-10-25-21-13-20(27)17-7-4-5-8-19(17)26-21/h4-5,7-8,11-13,24H,3,6,9-10,14H2,1-2H3,(H2,25,26,27). The number of aromatic amines is 1. The highest BCUT2D eigenvalue weighted by Crippen LogP contribution is 2.30. The lowest BCUT2D eigenvalue weighted by Gasteiger charge is -2.15. The summed E-state index contributed by atoms with van der Waals surface area (Å²) in [6, 6.07) is 13.1. The van der Waals surface area contributed by atoms with Gasteiger partial charge in [0.1, 0.15) is 17.3 Å². The monoisotopic (exact) mass is 507 g/mol. The fourth-order valence-electron chi connectivity index (χ4n) is 3.13. The zero-order valence-electron chi connectivity index (χ0n) is 16.7. The van der Waals surface area contributed by atoms with Crippen LogP contribution in [0.4, 0.5) is 5.82 Å². The van der Waals surface area contributed by atoms with E-state index >= 15 is 0 Å². The van der Waals surface area contributed by atoms with E-state index in [2.05, 4.69) is 38.2 Å². The molecule has 7 heteroatoms. The Kier molecular flexibility index (Phi) is 7.76. The van der Waals surface area contributed by atoms with Crippen LogP contribution in [0.2, 0.25) is 0 Å². The van der Waals surface area contributed by atoms with Crippen LogP contribution < -0.4 is 25.5 Å². The fourth-order valence-corrected chi connectivity index (χ4v) is 3.94. The van der Waals surface area contributed by atoms with Crippen LogP contribution in [0.3, 0.4) is 0 Å². The van der Waals surface area contributed by atoms with Crippen LogP contribution in [0.5, 0.6) is 11.5 Å². The van der Waals surface area contributed by atoms with E-state index in [4.69, 9.17) is 9.47 Å². The van der Waals surface area contributed by atoms with Crippen LogP contribution in [0.15, 0.2) is 47.3 Å². The minimum absolute atomic E-state index is 0.0241. The molecule has 6 nitrogen and oxygen atoms in total. The molecule has 0 unspecified atom stereocenters. The molecule has 29 heavy (non-hydrogen) atoms. The van der Waals surface area contributed by atoms with E-state index in [1.54, 1.807) is 13.2 Å². The first-order valence-corrected chi connectivity index (χ1v) is 10.8. The maximum Gasteiger partial charge on any atom is 0.191 e. The normalized spacial score (nSPS) is 10.9. The van der Waals surface area contributed by atoms with Gasteiger partial charge in [-0.05, 0) is 66.7 Å². The van der Waals surface area contributed by atoms with Gasteiger partial charge >= 0.3 is 0 Å². The minimum Gasteiger partial charge on any atom is -0.497 e. The Morgan fingerprint density at radius 3 is 2.76 bits per heavy atom. The lowest BCUT2D eigenvalue weighted by molar-refractivity contribution is 0.331. The number of anilines is 1. The molecule has 0 aliphatic carbocycles. The number of pyridine rings is 1. The first kappa shape index (κ1) is 21.4. The molecular formula is C22H26IN3O3. The van der Waals surface area contributed by atoms with Gasteiger partial charge in [0.25, 0.3) is 0 Å². The van der Waals surface area contributed by atoms with E-state index in [1.165, 1.54) is 0 Å². The lowest BCUT2D eigenvalue weighted by Crippen LogP contribution is -2.19. The number of hydrogen-bond acceptors (Lipinski definition) is 5. The molecule has 2 aromatic carbocycles. The van der Waals surface area contributed by atoms with Crippen LogP contribution in [0, 0.1) is 3.57 Å². The Morgan fingerprint density at radius 2 is 1.97 bits per heavy atom. The summed E-state index contributed by atoms with van der Waals surface area (Å²) in [6.45, 7) is 4.91. The predicted molar refractivity (Wildman–Crippen MR) is 126 cm³/mol. The molecule has 0 spiro atoms. The molecule has 1 heterocycles. The number of para-hydroxylation sites is 1. The van der Waals surface area contributed by atoms with Gasteiger partial charge in [0.2, 0.25) is 0 Å².